The van der Waals surface area contributed by atoms with Crippen LogP contribution in [0.25, 0.3) is 0 Å². The summed E-state index contributed by atoms with van der Waals surface area (Å²) in [6.45, 7) is 4.23. The summed E-state index contributed by atoms with van der Waals surface area (Å²) in [6, 6.07) is 19.5. The molecule has 120 valence electrons. The molecule has 0 aliphatic carbocycles. The van der Waals surface area contributed by atoms with Crippen molar-refractivity contribution in [2.24, 2.45) is 4.99 Å². The quantitative estimate of drug-likeness (QED) is 0.841. The monoisotopic (exact) mass is 326 g/mol. The van der Waals surface area contributed by atoms with Crippen LogP contribution in [-0.2, 0) is 0 Å². The standard InChI is InChI=1S/C19H21N3.ClH/c1-2-3-13-21-17-11-7-8-12-18(17)22-14-16(20-19(21)22)15-9-5-4-6-10-15;/h4-12,16H,2-3,13-14H2,1H3;1H/p-1. The third kappa shape index (κ3) is 2.70. The zero-order valence-electron chi connectivity index (χ0n) is 13.3. The highest BCUT2D eigenvalue weighted by atomic mass is 35.5. The lowest BCUT2D eigenvalue weighted by molar-refractivity contribution is -0.00000438. The van der Waals surface area contributed by atoms with Crippen molar-refractivity contribution < 1.29 is 12.4 Å². The summed E-state index contributed by atoms with van der Waals surface area (Å²) in [5, 5.41) is 0. The zero-order valence-corrected chi connectivity index (χ0v) is 14.1. The largest absolute Gasteiger partial charge is 1.00 e. The molecule has 2 aromatic rings. The maximum absolute atomic E-state index is 5.04. The molecule has 0 saturated carbocycles. The molecule has 0 N–H and O–H groups in total. The highest BCUT2D eigenvalue weighted by Gasteiger charge is 2.38. The lowest BCUT2D eigenvalue weighted by Crippen LogP contribution is -3.00. The SMILES string of the molecule is CCCCN1C2=NC(c3ccccc3)CN2c2ccccc21.[Cl-]. The van der Waals surface area contributed by atoms with Gasteiger partial charge in [-0.05, 0) is 24.1 Å². The molecule has 4 heteroatoms. The van der Waals surface area contributed by atoms with Gasteiger partial charge in [0.1, 0.15) is 0 Å². The smallest absolute Gasteiger partial charge is 0.206 e. The van der Waals surface area contributed by atoms with E-state index in [0.717, 1.165) is 19.0 Å². The van der Waals surface area contributed by atoms with Crippen LogP contribution in [0.4, 0.5) is 11.4 Å². The number of hydrogen-bond acceptors (Lipinski definition) is 3. The second-order valence-corrected chi connectivity index (χ2v) is 5.96. The van der Waals surface area contributed by atoms with Gasteiger partial charge in [0.05, 0.1) is 24.0 Å². The number of benzene rings is 2. The molecular formula is C19H21ClN3-. The van der Waals surface area contributed by atoms with Crippen LogP contribution in [0.3, 0.4) is 0 Å². The molecule has 3 nitrogen and oxygen atoms in total. The van der Waals surface area contributed by atoms with E-state index in [4.69, 9.17) is 4.99 Å². The van der Waals surface area contributed by atoms with Gasteiger partial charge < -0.3 is 22.2 Å². The Morgan fingerprint density at radius 1 is 1.00 bits per heavy atom. The van der Waals surface area contributed by atoms with Gasteiger partial charge in [-0.2, -0.15) is 0 Å². The topological polar surface area (TPSA) is 18.8 Å². The number of fused-ring (bicyclic) bond motifs is 3. The number of aliphatic imine (C=N–C) groups is 1. The van der Waals surface area contributed by atoms with Gasteiger partial charge in [-0.15, -0.1) is 0 Å². The van der Waals surface area contributed by atoms with Crippen molar-refractivity contribution in [1.29, 1.82) is 0 Å². The van der Waals surface area contributed by atoms with Crippen molar-refractivity contribution in [3.05, 3.63) is 60.2 Å². The van der Waals surface area contributed by atoms with Crippen LogP contribution in [0.2, 0.25) is 0 Å². The summed E-state index contributed by atoms with van der Waals surface area (Å²) in [5.41, 5.74) is 3.91. The van der Waals surface area contributed by atoms with Crippen LogP contribution >= 0.6 is 0 Å². The van der Waals surface area contributed by atoms with Crippen LogP contribution < -0.4 is 22.2 Å². The molecule has 2 aromatic carbocycles. The van der Waals surface area contributed by atoms with Crippen LogP contribution in [0.5, 0.6) is 0 Å². The summed E-state index contributed by atoms with van der Waals surface area (Å²) in [7, 11) is 0. The Morgan fingerprint density at radius 3 is 2.43 bits per heavy atom. The maximum atomic E-state index is 5.04. The third-order valence-electron chi connectivity index (χ3n) is 4.49. The summed E-state index contributed by atoms with van der Waals surface area (Å²) >= 11 is 0. The Morgan fingerprint density at radius 2 is 1.70 bits per heavy atom. The first-order valence-electron chi connectivity index (χ1n) is 8.15. The summed E-state index contributed by atoms with van der Waals surface area (Å²) in [4.78, 5) is 9.81. The Bertz CT molecular complexity index is 699. The number of para-hydroxylation sites is 2. The molecule has 1 unspecified atom stereocenters. The van der Waals surface area contributed by atoms with Gasteiger partial charge >= 0.3 is 0 Å². The van der Waals surface area contributed by atoms with E-state index >= 15 is 0 Å². The molecule has 4 rings (SSSR count). The highest BCUT2D eigenvalue weighted by Crippen LogP contribution is 2.42. The van der Waals surface area contributed by atoms with Crippen molar-refractivity contribution in [3.8, 4) is 0 Å². The first-order valence-corrected chi connectivity index (χ1v) is 8.15. The Hall–Kier alpha value is -2.00. The van der Waals surface area contributed by atoms with Crippen LogP contribution in [-0.4, -0.2) is 19.0 Å². The van der Waals surface area contributed by atoms with Crippen LogP contribution in [0.1, 0.15) is 31.4 Å². The molecule has 1 atom stereocenters. The molecule has 0 saturated heterocycles. The third-order valence-corrected chi connectivity index (χ3v) is 4.49. The van der Waals surface area contributed by atoms with Gasteiger partial charge in [-0.1, -0.05) is 55.8 Å². The zero-order chi connectivity index (χ0) is 14.9. The number of hydrogen-bond donors (Lipinski definition) is 0. The fraction of sp³-hybridized carbons (Fsp3) is 0.316. The Labute approximate surface area is 144 Å². The van der Waals surface area contributed by atoms with Crippen LogP contribution in [0, 0.1) is 0 Å². The Balaban J connectivity index is 0.00000156. The minimum Gasteiger partial charge on any atom is -1.00 e. The molecule has 2 aliphatic rings. The fourth-order valence-electron chi connectivity index (χ4n) is 3.35. The molecule has 0 radical (unpaired) electrons. The van der Waals surface area contributed by atoms with Gasteiger partial charge in [0.25, 0.3) is 0 Å². The van der Waals surface area contributed by atoms with E-state index in [2.05, 4.69) is 71.3 Å². The number of guanidine groups is 1. The number of halogens is 1. The molecule has 2 heterocycles. The van der Waals surface area contributed by atoms with E-state index in [1.54, 1.807) is 0 Å². The second kappa shape index (κ2) is 6.63. The Kier molecular flexibility index (Phi) is 4.58. The van der Waals surface area contributed by atoms with Crippen molar-refractivity contribution in [2.45, 2.75) is 25.8 Å². The van der Waals surface area contributed by atoms with E-state index < -0.39 is 0 Å². The highest BCUT2D eigenvalue weighted by molar-refractivity contribution is 6.17. The van der Waals surface area contributed by atoms with Gasteiger partial charge in [-0.3, -0.25) is 0 Å². The first kappa shape index (κ1) is 15.9. The second-order valence-electron chi connectivity index (χ2n) is 5.96. The minimum absolute atomic E-state index is 0. The summed E-state index contributed by atoms with van der Waals surface area (Å²) in [5.74, 6) is 1.13. The van der Waals surface area contributed by atoms with Crippen molar-refractivity contribution >= 4 is 17.3 Å². The van der Waals surface area contributed by atoms with E-state index in [0.29, 0.717) is 0 Å². The predicted molar refractivity (Wildman–Crippen MR) is 92.7 cm³/mol. The summed E-state index contributed by atoms with van der Waals surface area (Å²) in [6.07, 6.45) is 2.39. The van der Waals surface area contributed by atoms with Crippen molar-refractivity contribution in [2.75, 3.05) is 22.9 Å². The van der Waals surface area contributed by atoms with Gasteiger partial charge in [0.2, 0.25) is 5.96 Å². The van der Waals surface area contributed by atoms with Gasteiger partial charge in [-0.25, -0.2) is 4.99 Å². The number of anilines is 2. The molecule has 0 bridgehead atoms. The fourth-order valence-corrected chi connectivity index (χ4v) is 3.35. The normalized spacial score (nSPS) is 18.3. The molecular weight excluding hydrogens is 306 g/mol. The maximum Gasteiger partial charge on any atom is 0.206 e. The summed E-state index contributed by atoms with van der Waals surface area (Å²) < 4.78 is 0. The minimum atomic E-state index is 0. The number of rotatable bonds is 4. The first-order chi connectivity index (χ1) is 10.9. The number of unbranched alkanes of at least 4 members (excludes halogenated alkanes) is 1. The van der Waals surface area contributed by atoms with E-state index in [1.807, 2.05) is 0 Å². The van der Waals surface area contributed by atoms with E-state index in [1.165, 1.54) is 29.8 Å². The molecule has 23 heavy (non-hydrogen) atoms. The van der Waals surface area contributed by atoms with Crippen LogP contribution in [0.15, 0.2) is 59.6 Å². The molecule has 0 spiro atoms. The molecule has 0 amide bonds. The molecule has 0 aromatic heterocycles. The van der Waals surface area contributed by atoms with Crippen molar-refractivity contribution in [1.82, 2.24) is 0 Å². The molecule has 2 aliphatic heterocycles. The van der Waals surface area contributed by atoms with Gasteiger partial charge in [0, 0.05) is 6.54 Å². The molecule has 0 fully saturated rings. The van der Waals surface area contributed by atoms with Crippen molar-refractivity contribution in [3.63, 3.8) is 0 Å². The lowest BCUT2D eigenvalue weighted by atomic mass is 10.1. The van der Waals surface area contributed by atoms with E-state index in [9.17, 15) is 0 Å². The predicted octanol–water partition coefficient (Wildman–Crippen LogP) is 1.23. The average molecular weight is 327 g/mol. The average Bonchev–Trinajstić information content (AvgIpc) is 3.12. The van der Waals surface area contributed by atoms with E-state index in [-0.39, 0.29) is 18.4 Å². The van der Waals surface area contributed by atoms with Gasteiger partial charge in [0.15, 0.2) is 0 Å². The number of nitrogens with zero attached hydrogens (tertiary/aromatic N) is 3. The lowest BCUT2D eigenvalue weighted by Gasteiger charge is -2.18.